The first kappa shape index (κ1) is 34.2. The largest absolute Gasteiger partial charge is 0.444 e. The molecular formula is C28H46N4O8S. The molecule has 232 valence electrons. The number of likely N-dealkylation sites (tertiary alicyclic amines) is 1. The van der Waals surface area contributed by atoms with Crippen molar-refractivity contribution in [3.8, 4) is 0 Å². The Kier molecular flexibility index (Phi) is 12.3. The van der Waals surface area contributed by atoms with Crippen molar-refractivity contribution in [1.82, 2.24) is 20.3 Å². The van der Waals surface area contributed by atoms with E-state index in [0.717, 1.165) is 12.0 Å². The molecule has 2 rings (SSSR count). The molecule has 4 amide bonds. The topological polar surface area (TPSA) is 168 Å². The Hall–Kier alpha value is -2.96. The second-order valence-electron chi connectivity index (χ2n) is 12.0. The monoisotopic (exact) mass is 598 g/mol. The van der Waals surface area contributed by atoms with E-state index < -0.39 is 62.8 Å². The molecule has 0 radical (unpaired) electrons. The lowest BCUT2D eigenvalue weighted by molar-refractivity contribution is -0.141. The number of carbonyl (C=O) groups excluding carboxylic acids is 5. The summed E-state index contributed by atoms with van der Waals surface area (Å²) in [5.74, 6) is -2.11. The Bertz CT molecular complexity index is 1120. The lowest BCUT2D eigenvalue weighted by atomic mass is 10.0. The van der Waals surface area contributed by atoms with Gasteiger partial charge in [0.2, 0.25) is 21.8 Å². The van der Waals surface area contributed by atoms with Gasteiger partial charge in [-0.2, -0.15) is 0 Å². The fraction of sp³-hybridized carbons (Fsp3) is 0.750. The number of alkyl carbamates (subject to hydrolysis) is 1. The van der Waals surface area contributed by atoms with Gasteiger partial charge in [-0.1, -0.05) is 25.3 Å². The number of nitrogens with one attached hydrogen (secondary N) is 3. The third-order valence-electron chi connectivity index (χ3n) is 6.64. The van der Waals surface area contributed by atoms with Crippen LogP contribution in [0.1, 0.15) is 99.3 Å². The molecule has 41 heavy (non-hydrogen) atoms. The molecular weight excluding hydrogens is 552 g/mol. The molecule has 2 aliphatic rings. The molecule has 0 bridgehead atoms. The number of hydrogen-bond donors (Lipinski definition) is 3. The summed E-state index contributed by atoms with van der Waals surface area (Å²) >= 11 is 0. The van der Waals surface area contributed by atoms with Crippen LogP contribution in [0.15, 0.2) is 11.6 Å². The van der Waals surface area contributed by atoms with Crippen LogP contribution in [0.4, 0.5) is 4.79 Å². The van der Waals surface area contributed by atoms with Crippen molar-refractivity contribution in [2.45, 2.75) is 128 Å². The van der Waals surface area contributed by atoms with E-state index >= 15 is 0 Å². The average Bonchev–Trinajstić information content (AvgIpc) is 3.60. The highest BCUT2D eigenvalue weighted by atomic mass is 32.2. The standard InChI is InChI=1S/C28H46N4O8S/c1-7-8-10-21(24(34)31-41(38,39)20-13-14-20)29-25(35)23-11-9-16-32(23)26(36)22(15-12-19(33)17-18(2)3)30-27(37)40-28(4,5)6/h17,20-23H,7-16H2,1-6H3,(H,29,35)(H,30,37)(H,31,34)/t21?,22-,23-/m0/s1. The van der Waals surface area contributed by atoms with Gasteiger partial charge in [0.25, 0.3) is 5.91 Å². The Morgan fingerprint density at radius 3 is 2.22 bits per heavy atom. The fourth-order valence-corrected chi connectivity index (χ4v) is 5.86. The number of ketones is 1. The second kappa shape index (κ2) is 14.8. The third kappa shape index (κ3) is 11.4. The summed E-state index contributed by atoms with van der Waals surface area (Å²) in [6, 6.07) is -3.11. The number of carbonyl (C=O) groups is 5. The number of ether oxygens (including phenoxy) is 1. The van der Waals surface area contributed by atoms with Crippen LogP contribution in [0.5, 0.6) is 0 Å². The van der Waals surface area contributed by atoms with Gasteiger partial charge in [-0.05, 0) is 79.2 Å². The van der Waals surface area contributed by atoms with Crippen LogP contribution in [0.3, 0.4) is 0 Å². The van der Waals surface area contributed by atoms with Crippen molar-refractivity contribution in [3.05, 3.63) is 11.6 Å². The van der Waals surface area contributed by atoms with Crippen LogP contribution < -0.4 is 15.4 Å². The molecule has 1 aliphatic carbocycles. The first-order valence-electron chi connectivity index (χ1n) is 14.4. The van der Waals surface area contributed by atoms with Gasteiger partial charge in [0.15, 0.2) is 5.78 Å². The van der Waals surface area contributed by atoms with Crippen molar-refractivity contribution < 1.29 is 37.1 Å². The summed E-state index contributed by atoms with van der Waals surface area (Å²) in [6.07, 6.45) is 4.03. The molecule has 0 aromatic rings. The lowest BCUT2D eigenvalue weighted by Crippen LogP contribution is -2.57. The Balaban J connectivity index is 2.18. The van der Waals surface area contributed by atoms with E-state index in [-0.39, 0.29) is 31.6 Å². The number of sulfonamides is 1. The normalized spacial score (nSPS) is 18.6. The van der Waals surface area contributed by atoms with Gasteiger partial charge in [0.1, 0.15) is 23.7 Å². The van der Waals surface area contributed by atoms with Gasteiger partial charge in [-0.25, -0.2) is 13.2 Å². The highest BCUT2D eigenvalue weighted by Gasteiger charge is 2.41. The first-order valence-corrected chi connectivity index (χ1v) is 15.9. The van der Waals surface area contributed by atoms with E-state index in [4.69, 9.17) is 4.74 Å². The van der Waals surface area contributed by atoms with Gasteiger partial charge < -0.3 is 20.3 Å². The minimum Gasteiger partial charge on any atom is -0.444 e. The fourth-order valence-electron chi connectivity index (χ4n) is 4.51. The average molecular weight is 599 g/mol. The van der Waals surface area contributed by atoms with Crippen LogP contribution >= 0.6 is 0 Å². The maximum atomic E-state index is 13.6. The number of hydrogen-bond acceptors (Lipinski definition) is 8. The zero-order valence-electron chi connectivity index (χ0n) is 25.1. The SMILES string of the molecule is CCCCC(NC(=O)[C@@H]1CCCN1C(=O)[C@H](CCC(=O)C=C(C)C)NC(=O)OC(C)(C)C)C(=O)NS(=O)(=O)C1CC1. The summed E-state index contributed by atoms with van der Waals surface area (Å²) in [5, 5.41) is 4.63. The van der Waals surface area contributed by atoms with Crippen LogP contribution in [-0.2, 0) is 33.9 Å². The lowest BCUT2D eigenvalue weighted by Gasteiger charge is -2.30. The molecule has 1 heterocycles. The predicted molar refractivity (Wildman–Crippen MR) is 153 cm³/mol. The van der Waals surface area contributed by atoms with Crippen molar-refractivity contribution in [3.63, 3.8) is 0 Å². The van der Waals surface area contributed by atoms with Crippen LogP contribution in [0.2, 0.25) is 0 Å². The zero-order valence-corrected chi connectivity index (χ0v) is 25.9. The molecule has 3 atom stereocenters. The highest BCUT2D eigenvalue weighted by Crippen LogP contribution is 2.27. The summed E-state index contributed by atoms with van der Waals surface area (Å²) in [4.78, 5) is 66.1. The quantitative estimate of drug-likeness (QED) is 0.256. The van der Waals surface area contributed by atoms with Gasteiger partial charge in [0.05, 0.1) is 5.25 Å². The van der Waals surface area contributed by atoms with E-state index in [1.165, 1.54) is 11.0 Å². The summed E-state index contributed by atoms with van der Waals surface area (Å²) < 4.78 is 32.0. The number of rotatable bonds is 14. The molecule has 0 spiro atoms. The molecule has 3 N–H and O–H groups in total. The van der Waals surface area contributed by atoms with E-state index in [9.17, 15) is 32.4 Å². The Labute approximate surface area is 243 Å². The van der Waals surface area contributed by atoms with E-state index in [0.29, 0.717) is 32.1 Å². The molecule has 1 saturated carbocycles. The molecule has 0 aromatic heterocycles. The van der Waals surface area contributed by atoms with Crippen LogP contribution in [-0.4, -0.2) is 78.4 Å². The van der Waals surface area contributed by atoms with Crippen molar-refractivity contribution in [2.24, 2.45) is 0 Å². The maximum absolute atomic E-state index is 13.6. The Morgan fingerprint density at radius 1 is 1.00 bits per heavy atom. The smallest absolute Gasteiger partial charge is 0.408 e. The molecule has 2 fully saturated rings. The van der Waals surface area contributed by atoms with Crippen LogP contribution in [0.25, 0.3) is 0 Å². The zero-order chi connectivity index (χ0) is 31.0. The number of nitrogens with zero attached hydrogens (tertiary/aromatic N) is 1. The van der Waals surface area contributed by atoms with Gasteiger partial charge >= 0.3 is 6.09 Å². The summed E-state index contributed by atoms with van der Waals surface area (Å²) in [7, 11) is -3.79. The minimum atomic E-state index is -3.79. The minimum absolute atomic E-state index is 0.00316. The number of allylic oxidation sites excluding steroid dienone is 2. The molecule has 13 heteroatoms. The van der Waals surface area contributed by atoms with Crippen molar-refractivity contribution in [2.75, 3.05) is 6.54 Å². The van der Waals surface area contributed by atoms with Gasteiger partial charge in [-0.3, -0.25) is 23.9 Å². The molecule has 1 saturated heterocycles. The third-order valence-corrected chi connectivity index (χ3v) is 8.48. The van der Waals surface area contributed by atoms with E-state index in [1.807, 2.05) is 6.92 Å². The molecule has 1 unspecified atom stereocenters. The molecule has 0 aromatic carbocycles. The van der Waals surface area contributed by atoms with Gasteiger partial charge in [-0.15, -0.1) is 0 Å². The predicted octanol–water partition coefficient (Wildman–Crippen LogP) is 2.47. The maximum Gasteiger partial charge on any atom is 0.408 e. The van der Waals surface area contributed by atoms with Crippen molar-refractivity contribution in [1.29, 1.82) is 0 Å². The molecule has 1 aliphatic heterocycles. The number of amides is 4. The first-order chi connectivity index (χ1) is 19.0. The summed E-state index contributed by atoms with van der Waals surface area (Å²) in [6.45, 7) is 10.8. The van der Waals surface area contributed by atoms with Crippen molar-refractivity contribution >= 4 is 39.6 Å². The second-order valence-corrected chi connectivity index (χ2v) is 14.0. The van der Waals surface area contributed by atoms with E-state index in [2.05, 4.69) is 15.4 Å². The summed E-state index contributed by atoms with van der Waals surface area (Å²) in [5.41, 5.74) is -0.00647. The Morgan fingerprint density at radius 2 is 1.66 bits per heavy atom. The number of unbranched alkanes of at least 4 members (excludes halogenated alkanes) is 1. The molecule has 12 nitrogen and oxygen atoms in total. The van der Waals surface area contributed by atoms with Crippen LogP contribution in [0, 0.1) is 0 Å². The van der Waals surface area contributed by atoms with E-state index in [1.54, 1.807) is 34.6 Å². The highest BCUT2D eigenvalue weighted by molar-refractivity contribution is 7.90. The van der Waals surface area contributed by atoms with Gasteiger partial charge in [0, 0.05) is 13.0 Å².